The van der Waals surface area contributed by atoms with Gasteiger partial charge >= 0.3 is 0 Å². The number of anilines is 1. The zero-order valence-electron chi connectivity index (χ0n) is 12.6. The molecule has 1 amide bonds. The van der Waals surface area contributed by atoms with Gasteiger partial charge in [0.1, 0.15) is 5.82 Å². The molecule has 3 rings (SSSR count). The van der Waals surface area contributed by atoms with Gasteiger partial charge in [-0.1, -0.05) is 6.92 Å². The van der Waals surface area contributed by atoms with E-state index >= 15 is 0 Å². The highest BCUT2D eigenvalue weighted by Gasteiger charge is 2.45. The highest BCUT2D eigenvalue weighted by Crippen LogP contribution is 2.42. The van der Waals surface area contributed by atoms with Gasteiger partial charge in [0.25, 0.3) is 0 Å². The second kappa shape index (κ2) is 5.76. The normalized spacial score (nSPS) is 22.8. The van der Waals surface area contributed by atoms with Crippen LogP contribution in [0, 0.1) is 11.2 Å². The molecule has 0 radical (unpaired) electrons. The molecular weight excluding hydrogens is 267 g/mol. The quantitative estimate of drug-likeness (QED) is 0.836. The van der Waals surface area contributed by atoms with E-state index in [9.17, 15) is 9.18 Å². The SMILES string of the molecule is CCN1CCC2(CCCN(c3ccc(F)cc3)C2=O)CC1. The summed E-state index contributed by atoms with van der Waals surface area (Å²) in [6.07, 6.45) is 3.95. The van der Waals surface area contributed by atoms with Crippen LogP contribution in [0.4, 0.5) is 10.1 Å². The number of likely N-dealkylation sites (tertiary alicyclic amines) is 1. The first-order valence-corrected chi connectivity index (χ1v) is 7.94. The summed E-state index contributed by atoms with van der Waals surface area (Å²) in [5.74, 6) is -0.00899. The Balaban J connectivity index is 1.79. The van der Waals surface area contributed by atoms with Crippen LogP contribution in [-0.4, -0.2) is 37.0 Å². The highest BCUT2D eigenvalue weighted by molar-refractivity contribution is 5.98. The maximum absolute atomic E-state index is 13.1. The lowest BCUT2D eigenvalue weighted by Gasteiger charge is -2.46. The van der Waals surface area contributed by atoms with E-state index in [1.807, 2.05) is 4.90 Å². The van der Waals surface area contributed by atoms with Crippen LogP contribution in [0.25, 0.3) is 0 Å². The number of nitrogens with zero attached hydrogens (tertiary/aromatic N) is 2. The van der Waals surface area contributed by atoms with Crippen molar-refractivity contribution in [3.63, 3.8) is 0 Å². The predicted octanol–water partition coefficient (Wildman–Crippen LogP) is 3.05. The number of carbonyl (C=O) groups is 1. The average Bonchev–Trinajstić information content (AvgIpc) is 2.52. The third kappa shape index (κ3) is 2.69. The number of halogens is 1. The zero-order valence-corrected chi connectivity index (χ0v) is 12.6. The van der Waals surface area contributed by atoms with Gasteiger partial charge in [0.05, 0.1) is 5.41 Å². The Hall–Kier alpha value is -1.42. The maximum atomic E-state index is 13.1. The summed E-state index contributed by atoms with van der Waals surface area (Å²) >= 11 is 0. The maximum Gasteiger partial charge on any atom is 0.233 e. The fraction of sp³-hybridized carbons (Fsp3) is 0.588. The van der Waals surface area contributed by atoms with Crippen molar-refractivity contribution in [2.75, 3.05) is 31.1 Å². The first kappa shape index (κ1) is 14.5. The molecule has 1 aromatic rings. The van der Waals surface area contributed by atoms with Crippen molar-refractivity contribution in [2.24, 2.45) is 5.41 Å². The number of carbonyl (C=O) groups excluding carboxylic acids is 1. The van der Waals surface area contributed by atoms with Gasteiger partial charge in [-0.3, -0.25) is 4.79 Å². The van der Waals surface area contributed by atoms with Crippen LogP contribution in [0.3, 0.4) is 0 Å². The van der Waals surface area contributed by atoms with Crippen LogP contribution < -0.4 is 4.90 Å². The van der Waals surface area contributed by atoms with E-state index in [-0.39, 0.29) is 17.1 Å². The summed E-state index contributed by atoms with van der Waals surface area (Å²) in [6.45, 7) is 6.01. The van der Waals surface area contributed by atoms with Crippen molar-refractivity contribution < 1.29 is 9.18 Å². The van der Waals surface area contributed by atoms with Gasteiger partial charge in [-0.05, 0) is 69.6 Å². The Morgan fingerprint density at radius 1 is 1.10 bits per heavy atom. The van der Waals surface area contributed by atoms with Gasteiger partial charge in [0, 0.05) is 12.2 Å². The van der Waals surface area contributed by atoms with Gasteiger partial charge in [0.2, 0.25) is 5.91 Å². The molecule has 114 valence electrons. The van der Waals surface area contributed by atoms with E-state index in [2.05, 4.69) is 11.8 Å². The molecule has 0 atom stereocenters. The number of rotatable bonds is 2. The highest BCUT2D eigenvalue weighted by atomic mass is 19.1. The van der Waals surface area contributed by atoms with Crippen molar-refractivity contribution in [1.82, 2.24) is 4.90 Å². The molecule has 2 saturated heterocycles. The molecule has 0 N–H and O–H groups in total. The van der Waals surface area contributed by atoms with Crippen molar-refractivity contribution in [1.29, 1.82) is 0 Å². The first-order valence-electron chi connectivity index (χ1n) is 7.94. The second-order valence-electron chi connectivity index (χ2n) is 6.25. The fourth-order valence-corrected chi connectivity index (χ4v) is 3.70. The summed E-state index contributed by atoms with van der Waals surface area (Å²) in [6, 6.07) is 6.30. The van der Waals surface area contributed by atoms with E-state index in [1.54, 1.807) is 12.1 Å². The summed E-state index contributed by atoms with van der Waals surface area (Å²) in [7, 11) is 0. The molecule has 1 aromatic carbocycles. The molecule has 0 unspecified atom stereocenters. The Kier molecular flexibility index (Phi) is 3.98. The molecule has 1 spiro atoms. The average molecular weight is 290 g/mol. The lowest BCUT2D eigenvalue weighted by atomic mass is 9.71. The van der Waals surface area contributed by atoms with Gasteiger partial charge in [-0.15, -0.1) is 0 Å². The zero-order chi connectivity index (χ0) is 14.9. The molecule has 2 heterocycles. The van der Waals surface area contributed by atoms with Gasteiger partial charge in [0.15, 0.2) is 0 Å². The number of benzene rings is 1. The Morgan fingerprint density at radius 2 is 1.76 bits per heavy atom. The molecular formula is C17H23FN2O. The minimum absolute atomic E-state index is 0.182. The first-order chi connectivity index (χ1) is 10.1. The number of piperidine rings is 2. The smallest absolute Gasteiger partial charge is 0.233 e. The molecule has 2 fully saturated rings. The van der Waals surface area contributed by atoms with E-state index < -0.39 is 0 Å². The van der Waals surface area contributed by atoms with Crippen molar-refractivity contribution in [3.8, 4) is 0 Å². The fourth-order valence-electron chi connectivity index (χ4n) is 3.70. The number of hydrogen-bond acceptors (Lipinski definition) is 2. The Labute approximate surface area is 125 Å². The molecule has 3 nitrogen and oxygen atoms in total. The van der Waals surface area contributed by atoms with E-state index in [1.165, 1.54) is 12.1 Å². The molecule has 2 aliphatic heterocycles. The lowest BCUT2D eigenvalue weighted by molar-refractivity contribution is -0.133. The van der Waals surface area contributed by atoms with Crippen molar-refractivity contribution >= 4 is 11.6 Å². The summed E-state index contributed by atoms with van der Waals surface area (Å²) in [5.41, 5.74) is 0.650. The minimum atomic E-state index is -0.255. The van der Waals surface area contributed by atoms with Crippen LogP contribution in [-0.2, 0) is 4.79 Å². The molecule has 0 saturated carbocycles. The monoisotopic (exact) mass is 290 g/mol. The van der Waals surface area contributed by atoms with Gasteiger partial charge in [-0.25, -0.2) is 4.39 Å². The molecule has 2 aliphatic rings. The van der Waals surface area contributed by atoms with Crippen LogP contribution in [0.5, 0.6) is 0 Å². The summed E-state index contributed by atoms with van der Waals surface area (Å²) in [5, 5.41) is 0. The number of hydrogen-bond donors (Lipinski definition) is 0. The van der Waals surface area contributed by atoms with Gasteiger partial charge < -0.3 is 9.80 Å². The van der Waals surface area contributed by atoms with Crippen molar-refractivity contribution in [2.45, 2.75) is 32.6 Å². The summed E-state index contributed by atoms with van der Waals surface area (Å²) < 4.78 is 13.1. The van der Waals surface area contributed by atoms with Crippen LogP contribution >= 0.6 is 0 Å². The standard InChI is InChI=1S/C17H23FN2O/c1-2-19-12-9-17(10-13-19)8-3-11-20(16(17)21)15-6-4-14(18)5-7-15/h4-7H,2-3,8-13H2,1H3. The van der Waals surface area contributed by atoms with E-state index in [4.69, 9.17) is 0 Å². The third-order valence-electron chi connectivity index (χ3n) is 5.13. The number of amides is 1. The van der Waals surface area contributed by atoms with Crippen LogP contribution in [0.15, 0.2) is 24.3 Å². The third-order valence-corrected chi connectivity index (χ3v) is 5.13. The molecule has 4 heteroatoms. The molecule has 21 heavy (non-hydrogen) atoms. The minimum Gasteiger partial charge on any atom is -0.312 e. The van der Waals surface area contributed by atoms with Crippen molar-refractivity contribution in [3.05, 3.63) is 30.1 Å². The Morgan fingerprint density at radius 3 is 2.38 bits per heavy atom. The topological polar surface area (TPSA) is 23.6 Å². The predicted molar refractivity (Wildman–Crippen MR) is 81.8 cm³/mol. The molecule has 0 aliphatic carbocycles. The Bertz CT molecular complexity index is 506. The molecule has 0 bridgehead atoms. The second-order valence-corrected chi connectivity index (χ2v) is 6.25. The summed E-state index contributed by atoms with van der Waals surface area (Å²) in [4.78, 5) is 17.3. The molecule has 0 aromatic heterocycles. The van der Waals surface area contributed by atoms with Crippen LogP contribution in [0.1, 0.15) is 32.6 Å². The largest absolute Gasteiger partial charge is 0.312 e. The van der Waals surface area contributed by atoms with Crippen LogP contribution in [0.2, 0.25) is 0 Å². The van der Waals surface area contributed by atoms with Gasteiger partial charge in [-0.2, -0.15) is 0 Å². The lowest BCUT2D eigenvalue weighted by Crippen LogP contribution is -2.53. The van der Waals surface area contributed by atoms with E-state index in [0.717, 1.165) is 57.5 Å². The van der Waals surface area contributed by atoms with E-state index in [0.29, 0.717) is 0 Å².